The largest absolute Gasteiger partial charge is 0.333 e. The maximum Gasteiger partial charge on any atom is 0.161 e. The first-order valence-corrected chi connectivity index (χ1v) is 7.55. The molecule has 1 heterocycles. The Morgan fingerprint density at radius 2 is 2.11 bits per heavy atom. The maximum atomic E-state index is 6.26. The lowest BCUT2D eigenvalue weighted by Crippen LogP contribution is -2.13. The van der Waals surface area contributed by atoms with E-state index in [1.54, 1.807) is 11.8 Å². The molecule has 0 aromatic heterocycles. The molecule has 0 spiro atoms. The smallest absolute Gasteiger partial charge is 0.161 e. The van der Waals surface area contributed by atoms with Crippen molar-refractivity contribution in [2.75, 3.05) is 11.9 Å². The van der Waals surface area contributed by atoms with E-state index in [0.29, 0.717) is 21.2 Å². The Bertz CT molecular complexity index is 486. The first kappa shape index (κ1) is 14.0. The van der Waals surface area contributed by atoms with Crippen molar-refractivity contribution in [2.24, 2.45) is 10.9 Å². The van der Waals surface area contributed by atoms with Crippen molar-refractivity contribution >= 4 is 45.8 Å². The quantitative estimate of drug-likeness (QED) is 0.845. The lowest BCUT2D eigenvalue weighted by atomic mass is 10.1. The highest BCUT2D eigenvalue weighted by Crippen LogP contribution is 2.35. The van der Waals surface area contributed by atoms with Crippen molar-refractivity contribution < 1.29 is 0 Å². The molecule has 0 fully saturated rings. The second-order valence-corrected chi connectivity index (χ2v) is 6.74. The summed E-state index contributed by atoms with van der Waals surface area (Å²) in [6, 6.07) is 3.77. The Morgan fingerprint density at radius 1 is 1.39 bits per heavy atom. The van der Waals surface area contributed by atoms with Gasteiger partial charge in [0.05, 0.1) is 22.3 Å². The number of amidine groups is 1. The third-order valence-electron chi connectivity index (χ3n) is 2.94. The number of rotatable bonds is 2. The average molecular weight is 303 g/mol. The van der Waals surface area contributed by atoms with Crippen LogP contribution in [-0.2, 0) is 0 Å². The van der Waals surface area contributed by atoms with E-state index < -0.39 is 0 Å². The minimum atomic E-state index is 0.537. The summed E-state index contributed by atoms with van der Waals surface area (Å²) in [6.45, 7) is 7.24. The highest BCUT2D eigenvalue weighted by molar-refractivity contribution is 8.15. The fraction of sp³-hybridized carbons (Fsp3) is 0.462. The monoisotopic (exact) mass is 302 g/mol. The molecule has 0 saturated carbocycles. The molecule has 2 nitrogen and oxygen atoms in total. The molecule has 2 rings (SSSR count). The normalized spacial score (nSPS) is 19.2. The van der Waals surface area contributed by atoms with Gasteiger partial charge < -0.3 is 5.32 Å². The van der Waals surface area contributed by atoms with E-state index in [-0.39, 0.29) is 0 Å². The molecular weight excluding hydrogens is 287 g/mol. The van der Waals surface area contributed by atoms with Crippen LogP contribution in [0.25, 0.3) is 0 Å². The van der Waals surface area contributed by atoms with E-state index in [4.69, 9.17) is 23.2 Å². The Morgan fingerprint density at radius 3 is 2.72 bits per heavy atom. The summed E-state index contributed by atoms with van der Waals surface area (Å²) >= 11 is 14.2. The summed E-state index contributed by atoms with van der Waals surface area (Å²) < 4.78 is 0. The molecule has 1 unspecified atom stereocenters. The summed E-state index contributed by atoms with van der Waals surface area (Å²) in [7, 11) is 0. The zero-order valence-corrected chi connectivity index (χ0v) is 13.0. The van der Waals surface area contributed by atoms with Crippen LogP contribution < -0.4 is 5.32 Å². The summed E-state index contributed by atoms with van der Waals surface area (Å²) in [4.78, 5) is 4.50. The molecule has 1 aromatic rings. The van der Waals surface area contributed by atoms with Gasteiger partial charge in [-0.25, -0.2) is 0 Å². The first-order chi connectivity index (χ1) is 8.49. The molecule has 1 aliphatic heterocycles. The highest BCUT2D eigenvalue weighted by Gasteiger charge is 2.23. The molecule has 1 N–H and O–H groups in total. The van der Waals surface area contributed by atoms with Crippen LogP contribution in [0.1, 0.15) is 19.4 Å². The van der Waals surface area contributed by atoms with Crippen molar-refractivity contribution in [1.29, 1.82) is 0 Å². The van der Waals surface area contributed by atoms with Gasteiger partial charge in [-0.05, 0) is 24.5 Å². The third kappa shape index (κ3) is 2.95. The summed E-state index contributed by atoms with van der Waals surface area (Å²) in [5.74, 6) is 0.613. The standard InChI is InChI=1S/C13H16Cl2N2S/c1-7(2)10-6-16-13(18-10)17-12-9(14)5-4-8(3)11(12)15/h4-5,7,10H,6H2,1-3H3,(H,16,17). The first-order valence-electron chi connectivity index (χ1n) is 5.91. The Balaban J connectivity index is 2.14. The highest BCUT2D eigenvalue weighted by atomic mass is 35.5. The van der Waals surface area contributed by atoms with Gasteiger partial charge in [-0.15, -0.1) is 0 Å². The Kier molecular flexibility index (Phi) is 4.46. The van der Waals surface area contributed by atoms with Crippen molar-refractivity contribution in [3.05, 3.63) is 27.7 Å². The molecule has 5 heteroatoms. The van der Waals surface area contributed by atoms with E-state index in [0.717, 1.165) is 23.0 Å². The van der Waals surface area contributed by atoms with E-state index in [9.17, 15) is 0 Å². The number of thioether (sulfide) groups is 1. The zero-order chi connectivity index (χ0) is 13.3. The van der Waals surface area contributed by atoms with Gasteiger partial charge >= 0.3 is 0 Å². The number of aryl methyl sites for hydroxylation is 1. The number of nitrogens with one attached hydrogen (secondary N) is 1. The summed E-state index contributed by atoms with van der Waals surface area (Å²) in [5, 5.41) is 5.99. The number of anilines is 1. The molecule has 0 bridgehead atoms. The average Bonchev–Trinajstić information content (AvgIpc) is 2.78. The van der Waals surface area contributed by atoms with Crippen molar-refractivity contribution in [2.45, 2.75) is 26.0 Å². The molecule has 0 aliphatic carbocycles. The van der Waals surface area contributed by atoms with Gasteiger partial charge in [-0.1, -0.05) is 54.9 Å². The minimum Gasteiger partial charge on any atom is -0.333 e. The predicted octanol–water partition coefficient (Wildman–Crippen LogP) is 4.84. The van der Waals surface area contributed by atoms with Crippen molar-refractivity contribution in [3.63, 3.8) is 0 Å². The van der Waals surface area contributed by atoms with Crippen molar-refractivity contribution in [3.8, 4) is 0 Å². The fourth-order valence-corrected chi connectivity index (χ4v) is 3.17. The van der Waals surface area contributed by atoms with Gasteiger partial charge in [-0.2, -0.15) is 0 Å². The SMILES string of the molecule is Cc1ccc(Cl)c(NC2=NCC(C(C)C)S2)c1Cl. The summed E-state index contributed by atoms with van der Waals surface area (Å²) in [6.07, 6.45) is 0. The number of halogens is 2. The Hall–Kier alpha value is -0.380. The number of nitrogens with zero attached hydrogens (tertiary/aromatic N) is 1. The molecule has 0 saturated heterocycles. The minimum absolute atomic E-state index is 0.537. The predicted molar refractivity (Wildman–Crippen MR) is 83.3 cm³/mol. The number of hydrogen-bond donors (Lipinski definition) is 1. The van der Waals surface area contributed by atoms with E-state index in [1.807, 2.05) is 19.1 Å². The van der Waals surface area contributed by atoms with Crippen LogP contribution in [0, 0.1) is 12.8 Å². The molecule has 0 radical (unpaired) electrons. The topological polar surface area (TPSA) is 24.4 Å². The van der Waals surface area contributed by atoms with Crippen LogP contribution >= 0.6 is 35.0 Å². The lowest BCUT2D eigenvalue weighted by Gasteiger charge is -2.14. The maximum absolute atomic E-state index is 6.26. The lowest BCUT2D eigenvalue weighted by molar-refractivity contribution is 0.621. The van der Waals surface area contributed by atoms with E-state index >= 15 is 0 Å². The van der Waals surface area contributed by atoms with Crippen LogP contribution in [0.4, 0.5) is 5.69 Å². The molecule has 1 aromatic carbocycles. The van der Waals surface area contributed by atoms with Crippen LogP contribution in [0.2, 0.25) is 10.0 Å². The number of hydrogen-bond acceptors (Lipinski definition) is 3. The van der Waals surface area contributed by atoms with Gasteiger partial charge in [0.25, 0.3) is 0 Å². The van der Waals surface area contributed by atoms with Gasteiger partial charge in [0, 0.05) is 5.25 Å². The number of benzene rings is 1. The molecular formula is C13H16Cl2N2S. The molecule has 18 heavy (non-hydrogen) atoms. The molecule has 1 atom stereocenters. The van der Waals surface area contributed by atoms with Gasteiger partial charge in [0.15, 0.2) is 5.17 Å². The second-order valence-electron chi connectivity index (χ2n) is 4.72. The fourth-order valence-electron chi connectivity index (χ4n) is 1.68. The Labute approximate surface area is 122 Å². The second kappa shape index (κ2) is 5.72. The van der Waals surface area contributed by atoms with E-state index in [2.05, 4.69) is 24.2 Å². The van der Waals surface area contributed by atoms with E-state index in [1.165, 1.54) is 0 Å². The van der Waals surface area contributed by atoms with Crippen molar-refractivity contribution in [1.82, 2.24) is 0 Å². The number of aliphatic imine (C=N–C) groups is 1. The molecule has 0 amide bonds. The third-order valence-corrected chi connectivity index (χ3v) is 5.19. The zero-order valence-electron chi connectivity index (χ0n) is 10.6. The van der Waals surface area contributed by atoms with Crippen LogP contribution in [0.3, 0.4) is 0 Å². The van der Waals surface area contributed by atoms with Crippen LogP contribution in [-0.4, -0.2) is 17.0 Å². The van der Waals surface area contributed by atoms with Gasteiger partial charge in [-0.3, -0.25) is 4.99 Å². The van der Waals surface area contributed by atoms with Gasteiger partial charge in [0.2, 0.25) is 0 Å². The van der Waals surface area contributed by atoms with Crippen LogP contribution in [0.5, 0.6) is 0 Å². The summed E-state index contributed by atoms with van der Waals surface area (Å²) in [5.41, 5.74) is 1.77. The molecule has 1 aliphatic rings. The molecule has 98 valence electrons. The van der Waals surface area contributed by atoms with Crippen LogP contribution in [0.15, 0.2) is 17.1 Å². The van der Waals surface area contributed by atoms with Gasteiger partial charge in [0.1, 0.15) is 0 Å².